The molecule has 1 aliphatic rings. The Labute approximate surface area is 173 Å². The lowest BCUT2D eigenvalue weighted by Gasteiger charge is -2.25. The van der Waals surface area contributed by atoms with E-state index in [1.165, 1.54) is 0 Å². The van der Waals surface area contributed by atoms with Crippen LogP contribution in [0.25, 0.3) is 0 Å². The maximum absolute atomic E-state index is 5.48. The fraction of sp³-hybridized carbons (Fsp3) is 0.611. The molecule has 25 heavy (non-hydrogen) atoms. The van der Waals surface area contributed by atoms with Crippen LogP contribution < -0.4 is 20.3 Å². The Morgan fingerprint density at radius 1 is 1.40 bits per heavy atom. The maximum atomic E-state index is 5.48. The number of para-hydroxylation sites is 2. The molecule has 1 aromatic rings. The largest absolute Gasteiger partial charge is 0.495 e. The molecule has 1 atom stereocenters. The summed E-state index contributed by atoms with van der Waals surface area (Å²) in [7, 11) is 3.55. The monoisotopic (exact) mass is 478 g/mol. The van der Waals surface area contributed by atoms with Crippen LogP contribution in [-0.4, -0.2) is 56.8 Å². The van der Waals surface area contributed by atoms with Gasteiger partial charge in [0.05, 0.1) is 12.8 Å². The van der Waals surface area contributed by atoms with Gasteiger partial charge < -0.3 is 20.3 Å². The number of anilines is 1. The molecular formula is C18H31IN4OS. The van der Waals surface area contributed by atoms with Crippen molar-refractivity contribution in [2.45, 2.75) is 31.1 Å². The fourth-order valence-corrected chi connectivity index (χ4v) is 2.96. The Kier molecular flexibility index (Phi) is 9.20. The van der Waals surface area contributed by atoms with Crippen LogP contribution in [0.5, 0.6) is 5.75 Å². The average Bonchev–Trinajstić information content (AvgIpc) is 3.06. The van der Waals surface area contributed by atoms with Crippen LogP contribution in [0.3, 0.4) is 0 Å². The molecule has 2 rings (SSSR count). The van der Waals surface area contributed by atoms with Gasteiger partial charge >= 0.3 is 0 Å². The van der Waals surface area contributed by atoms with E-state index in [2.05, 4.69) is 52.8 Å². The molecule has 1 saturated heterocycles. The second-order valence-corrected chi connectivity index (χ2v) is 8.15. The molecule has 1 heterocycles. The third kappa shape index (κ3) is 6.44. The first-order chi connectivity index (χ1) is 11.5. The molecule has 5 nitrogen and oxygen atoms in total. The highest BCUT2D eigenvalue weighted by molar-refractivity contribution is 14.0. The Bertz CT molecular complexity index is 568. The number of hydrogen-bond acceptors (Lipinski definition) is 4. The van der Waals surface area contributed by atoms with Crippen LogP contribution in [0, 0.1) is 0 Å². The minimum absolute atomic E-state index is 0. The number of hydrogen-bond donors (Lipinski definition) is 2. The van der Waals surface area contributed by atoms with Gasteiger partial charge in [-0.1, -0.05) is 12.1 Å². The summed E-state index contributed by atoms with van der Waals surface area (Å²) in [4.78, 5) is 6.73. The number of ether oxygens (including phenoxy) is 1. The second kappa shape index (κ2) is 10.4. The molecule has 1 fully saturated rings. The number of nitrogens with one attached hydrogen (secondary N) is 2. The normalized spacial score (nSPS) is 17.9. The van der Waals surface area contributed by atoms with E-state index in [0.29, 0.717) is 6.04 Å². The standard InChI is InChI=1S/C18H30N4OS.HI/c1-18(2,24-5)13-20-17(19-3)21-14-10-11-22(12-14)15-8-6-7-9-16(15)23-4;/h6-9,14H,10-13H2,1-5H3,(H2,19,20,21);1H. The molecule has 0 aliphatic carbocycles. The predicted molar refractivity (Wildman–Crippen MR) is 121 cm³/mol. The molecular weight excluding hydrogens is 447 g/mol. The molecule has 1 aliphatic heterocycles. The number of nitrogens with zero attached hydrogens (tertiary/aromatic N) is 2. The van der Waals surface area contributed by atoms with E-state index in [9.17, 15) is 0 Å². The quantitative estimate of drug-likeness (QED) is 0.374. The maximum Gasteiger partial charge on any atom is 0.191 e. The van der Waals surface area contributed by atoms with E-state index in [1.807, 2.05) is 30.9 Å². The van der Waals surface area contributed by atoms with Crippen LogP contribution in [0.4, 0.5) is 5.69 Å². The number of halogens is 1. The number of guanidine groups is 1. The Morgan fingerprint density at radius 3 is 2.76 bits per heavy atom. The third-order valence-corrected chi connectivity index (χ3v) is 5.66. The summed E-state index contributed by atoms with van der Waals surface area (Å²) in [6.45, 7) is 7.32. The zero-order valence-corrected chi connectivity index (χ0v) is 19.0. The van der Waals surface area contributed by atoms with Crippen LogP contribution in [-0.2, 0) is 0 Å². The molecule has 2 N–H and O–H groups in total. The van der Waals surface area contributed by atoms with Gasteiger partial charge in [0.1, 0.15) is 5.75 Å². The summed E-state index contributed by atoms with van der Waals surface area (Å²) in [5, 5.41) is 6.99. The SMILES string of the molecule is CN=C(NCC(C)(C)SC)NC1CCN(c2ccccc2OC)C1.I. The third-order valence-electron chi connectivity index (χ3n) is 4.41. The van der Waals surface area contributed by atoms with E-state index in [1.54, 1.807) is 7.11 Å². The zero-order valence-electron chi connectivity index (χ0n) is 15.8. The summed E-state index contributed by atoms with van der Waals surface area (Å²) in [5.74, 6) is 1.81. The van der Waals surface area contributed by atoms with Crippen molar-refractivity contribution in [1.82, 2.24) is 10.6 Å². The van der Waals surface area contributed by atoms with Crippen molar-refractivity contribution in [3.8, 4) is 5.75 Å². The number of benzene rings is 1. The topological polar surface area (TPSA) is 48.9 Å². The lowest BCUT2D eigenvalue weighted by atomic mass is 10.2. The van der Waals surface area contributed by atoms with Gasteiger partial charge in [-0.15, -0.1) is 24.0 Å². The van der Waals surface area contributed by atoms with E-state index in [-0.39, 0.29) is 28.7 Å². The van der Waals surface area contributed by atoms with Crippen molar-refractivity contribution in [2.75, 3.05) is 44.9 Å². The van der Waals surface area contributed by atoms with Crippen molar-refractivity contribution in [1.29, 1.82) is 0 Å². The lowest BCUT2D eigenvalue weighted by molar-refractivity contribution is 0.415. The number of methoxy groups -OCH3 is 1. The molecule has 0 aromatic heterocycles. The van der Waals surface area contributed by atoms with E-state index >= 15 is 0 Å². The van der Waals surface area contributed by atoms with Crippen LogP contribution in [0.1, 0.15) is 20.3 Å². The van der Waals surface area contributed by atoms with Crippen molar-refractivity contribution in [3.05, 3.63) is 24.3 Å². The lowest BCUT2D eigenvalue weighted by Crippen LogP contribution is -2.47. The molecule has 0 spiro atoms. The van der Waals surface area contributed by atoms with Gasteiger partial charge in [-0.3, -0.25) is 4.99 Å². The molecule has 0 radical (unpaired) electrons. The highest BCUT2D eigenvalue weighted by atomic mass is 127. The molecule has 7 heteroatoms. The van der Waals surface area contributed by atoms with E-state index in [0.717, 1.165) is 43.5 Å². The first kappa shape index (κ1) is 22.2. The summed E-state index contributed by atoms with van der Waals surface area (Å²) >= 11 is 1.86. The first-order valence-electron chi connectivity index (χ1n) is 8.39. The molecule has 0 saturated carbocycles. The summed E-state index contributed by atoms with van der Waals surface area (Å²) in [6.07, 6.45) is 3.23. The van der Waals surface area contributed by atoms with Crippen molar-refractivity contribution >= 4 is 47.4 Å². The molecule has 142 valence electrons. The molecule has 1 aromatic carbocycles. The molecule has 1 unspecified atom stereocenters. The van der Waals surface area contributed by atoms with Crippen LogP contribution in [0.15, 0.2) is 29.3 Å². The van der Waals surface area contributed by atoms with Gasteiger partial charge in [0.15, 0.2) is 5.96 Å². The van der Waals surface area contributed by atoms with Crippen molar-refractivity contribution < 1.29 is 4.74 Å². The molecule has 0 amide bonds. The summed E-state index contributed by atoms with van der Waals surface area (Å²) in [6, 6.07) is 8.59. The number of rotatable bonds is 6. The van der Waals surface area contributed by atoms with Gasteiger partial charge in [-0.25, -0.2) is 0 Å². The highest BCUT2D eigenvalue weighted by Gasteiger charge is 2.25. The average molecular weight is 478 g/mol. The Balaban J connectivity index is 0.00000312. The van der Waals surface area contributed by atoms with Gasteiger partial charge in [-0.2, -0.15) is 11.8 Å². The smallest absolute Gasteiger partial charge is 0.191 e. The van der Waals surface area contributed by atoms with Crippen LogP contribution in [0.2, 0.25) is 0 Å². The Morgan fingerprint density at radius 2 is 2.12 bits per heavy atom. The second-order valence-electron chi connectivity index (χ2n) is 6.64. The van der Waals surface area contributed by atoms with Crippen molar-refractivity contribution in [2.24, 2.45) is 4.99 Å². The summed E-state index contributed by atoms with van der Waals surface area (Å²) < 4.78 is 5.67. The van der Waals surface area contributed by atoms with E-state index < -0.39 is 0 Å². The molecule has 0 bridgehead atoms. The van der Waals surface area contributed by atoms with Gasteiger partial charge in [0.25, 0.3) is 0 Å². The van der Waals surface area contributed by atoms with Gasteiger partial charge in [-0.05, 0) is 38.7 Å². The minimum atomic E-state index is 0. The summed E-state index contributed by atoms with van der Waals surface area (Å²) in [5.41, 5.74) is 1.16. The Hall–Kier alpha value is -0.830. The number of aliphatic imine (C=N–C) groups is 1. The highest BCUT2D eigenvalue weighted by Crippen LogP contribution is 2.30. The van der Waals surface area contributed by atoms with Crippen LogP contribution >= 0.6 is 35.7 Å². The minimum Gasteiger partial charge on any atom is -0.495 e. The van der Waals surface area contributed by atoms with Gasteiger partial charge in [0, 0.05) is 37.5 Å². The zero-order chi connectivity index (χ0) is 17.6. The number of thioether (sulfide) groups is 1. The fourth-order valence-electron chi connectivity index (χ4n) is 2.74. The van der Waals surface area contributed by atoms with Gasteiger partial charge in [0.2, 0.25) is 0 Å². The predicted octanol–water partition coefficient (Wildman–Crippen LogP) is 3.20. The first-order valence-corrected chi connectivity index (χ1v) is 9.62. The van der Waals surface area contributed by atoms with E-state index in [4.69, 9.17) is 4.74 Å². The van der Waals surface area contributed by atoms with Crippen molar-refractivity contribution in [3.63, 3.8) is 0 Å².